The molecule has 0 aromatic heterocycles. The molecule has 0 heterocycles. The fraction of sp³-hybridized carbons (Fsp3) is 0.417. The number of rotatable bonds is 3. The number of carbonyl (C=O) groups excluding carboxylic acids is 1. The summed E-state index contributed by atoms with van der Waals surface area (Å²) < 4.78 is 0. The van der Waals surface area contributed by atoms with Crippen LogP contribution in [0.4, 0.5) is 0 Å². The van der Waals surface area contributed by atoms with Crippen LogP contribution in [0.3, 0.4) is 0 Å². The van der Waals surface area contributed by atoms with Crippen molar-refractivity contribution in [2.45, 2.75) is 30.3 Å². The van der Waals surface area contributed by atoms with Crippen LogP contribution in [0.5, 0.6) is 0 Å². The Kier molecular flexibility index (Phi) is 3.25. The lowest BCUT2D eigenvalue weighted by Crippen LogP contribution is -1.97. The molecule has 0 radical (unpaired) electrons. The molecule has 1 aliphatic rings. The molecule has 14 heavy (non-hydrogen) atoms. The number of carbonyl (C=O) groups is 1. The molecule has 2 heteroatoms. The molecule has 0 aliphatic heterocycles. The summed E-state index contributed by atoms with van der Waals surface area (Å²) >= 11 is 1.92. The van der Waals surface area contributed by atoms with Crippen LogP contribution in [0.2, 0.25) is 0 Å². The number of thioether (sulfide) groups is 1. The highest BCUT2D eigenvalue weighted by atomic mass is 32.2. The van der Waals surface area contributed by atoms with E-state index in [0.29, 0.717) is 11.0 Å². The Hall–Kier alpha value is -0.760. The smallest absolute Gasteiger partial charge is 0.134 e. The van der Waals surface area contributed by atoms with E-state index in [-0.39, 0.29) is 0 Å². The van der Waals surface area contributed by atoms with Gasteiger partial charge in [0.2, 0.25) is 0 Å². The molecule has 0 amide bonds. The van der Waals surface area contributed by atoms with Crippen molar-refractivity contribution in [1.82, 2.24) is 0 Å². The zero-order valence-corrected chi connectivity index (χ0v) is 8.93. The number of Topliss-reactive ketones (excluding diaryl/α,β-unsaturated/α-hetero) is 1. The van der Waals surface area contributed by atoms with Gasteiger partial charge in [0, 0.05) is 23.8 Å². The number of hydrogen-bond acceptors (Lipinski definition) is 2. The lowest BCUT2D eigenvalue weighted by Gasteiger charge is -2.07. The molecule has 1 saturated carbocycles. The number of benzene rings is 1. The Labute approximate surface area is 88.9 Å². The van der Waals surface area contributed by atoms with E-state index in [0.717, 1.165) is 25.0 Å². The van der Waals surface area contributed by atoms with E-state index < -0.39 is 0 Å². The van der Waals surface area contributed by atoms with E-state index in [9.17, 15) is 4.79 Å². The molecular weight excluding hydrogens is 192 g/mol. The third kappa shape index (κ3) is 2.61. The highest BCUT2D eigenvalue weighted by Gasteiger charge is 2.21. The minimum Gasteiger partial charge on any atom is -0.300 e. The lowest BCUT2D eigenvalue weighted by atomic mass is 10.2. The molecule has 0 saturated heterocycles. The van der Waals surface area contributed by atoms with Gasteiger partial charge in [-0.25, -0.2) is 0 Å². The fourth-order valence-electron chi connectivity index (χ4n) is 1.71. The van der Waals surface area contributed by atoms with Crippen molar-refractivity contribution in [2.24, 2.45) is 0 Å². The first-order valence-electron chi connectivity index (χ1n) is 5.02. The molecule has 1 aliphatic carbocycles. The van der Waals surface area contributed by atoms with Gasteiger partial charge in [0.15, 0.2) is 0 Å². The molecule has 1 nitrogen and oxygen atoms in total. The second kappa shape index (κ2) is 4.65. The largest absolute Gasteiger partial charge is 0.300 e. The van der Waals surface area contributed by atoms with Crippen molar-refractivity contribution in [3.8, 4) is 0 Å². The molecular formula is C12H14OS. The third-order valence-electron chi connectivity index (χ3n) is 2.53. The van der Waals surface area contributed by atoms with E-state index in [2.05, 4.69) is 24.3 Å². The lowest BCUT2D eigenvalue weighted by molar-refractivity contribution is -0.117. The zero-order chi connectivity index (χ0) is 9.80. The molecule has 1 unspecified atom stereocenters. The maximum atomic E-state index is 11.1. The van der Waals surface area contributed by atoms with Crippen LogP contribution in [0.1, 0.15) is 24.8 Å². The van der Waals surface area contributed by atoms with Gasteiger partial charge in [-0.05, 0) is 12.0 Å². The first-order chi connectivity index (χ1) is 6.84. The number of hydrogen-bond donors (Lipinski definition) is 0. The van der Waals surface area contributed by atoms with Gasteiger partial charge in [-0.2, -0.15) is 11.8 Å². The van der Waals surface area contributed by atoms with E-state index in [1.807, 2.05) is 17.8 Å². The first-order valence-corrected chi connectivity index (χ1v) is 6.07. The zero-order valence-electron chi connectivity index (χ0n) is 8.11. The molecule has 2 rings (SSSR count). The summed E-state index contributed by atoms with van der Waals surface area (Å²) in [5.41, 5.74) is 1.36. The van der Waals surface area contributed by atoms with E-state index in [4.69, 9.17) is 0 Å². The van der Waals surface area contributed by atoms with E-state index in [1.54, 1.807) is 0 Å². The van der Waals surface area contributed by atoms with Gasteiger partial charge in [-0.3, -0.25) is 4.79 Å². The summed E-state index contributed by atoms with van der Waals surface area (Å²) in [6, 6.07) is 10.5. The maximum absolute atomic E-state index is 11.1. The van der Waals surface area contributed by atoms with Crippen molar-refractivity contribution in [3.05, 3.63) is 35.9 Å². The maximum Gasteiger partial charge on any atom is 0.134 e. The molecule has 1 atom stereocenters. The monoisotopic (exact) mass is 206 g/mol. The summed E-state index contributed by atoms with van der Waals surface area (Å²) in [4.78, 5) is 11.1. The summed E-state index contributed by atoms with van der Waals surface area (Å²) in [5.74, 6) is 1.48. The Morgan fingerprint density at radius 2 is 2.07 bits per heavy atom. The summed E-state index contributed by atoms with van der Waals surface area (Å²) in [6.07, 6.45) is 2.67. The highest BCUT2D eigenvalue weighted by molar-refractivity contribution is 7.99. The van der Waals surface area contributed by atoms with Crippen LogP contribution in [0.15, 0.2) is 30.3 Å². The Morgan fingerprint density at radius 3 is 2.71 bits per heavy atom. The van der Waals surface area contributed by atoms with Crippen LogP contribution >= 0.6 is 11.8 Å². The van der Waals surface area contributed by atoms with Gasteiger partial charge >= 0.3 is 0 Å². The predicted molar refractivity (Wildman–Crippen MR) is 60.4 cm³/mol. The predicted octanol–water partition coefficient (Wildman–Crippen LogP) is 3.04. The molecule has 74 valence electrons. The van der Waals surface area contributed by atoms with Crippen molar-refractivity contribution in [1.29, 1.82) is 0 Å². The normalized spacial score (nSPS) is 21.4. The standard InChI is InChI=1S/C12H14OS/c13-11-6-7-12(8-11)14-9-10-4-2-1-3-5-10/h1-5,12H,6-9H2. The highest BCUT2D eigenvalue weighted by Crippen LogP contribution is 2.29. The Morgan fingerprint density at radius 1 is 1.29 bits per heavy atom. The molecule has 0 spiro atoms. The average Bonchev–Trinajstić information content (AvgIpc) is 2.63. The molecule has 0 bridgehead atoms. The molecule has 0 N–H and O–H groups in total. The van der Waals surface area contributed by atoms with Gasteiger partial charge in [-0.15, -0.1) is 0 Å². The van der Waals surface area contributed by atoms with Gasteiger partial charge in [0.05, 0.1) is 0 Å². The quantitative estimate of drug-likeness (QED) is 0.756. The second-order valence-corrected chi connectivity index (χ2v) is 4.99. The van der Waals surface area contributed by atoms with Gasteiger partial charge in [0.1, 0.15) is 5.78 Å². The van der Waals surface area contributed by atoms with Crippen LogP contribution < -0.4 is 0 Å². The van der Waals surface area contributed by atoms with Crippen LogP contribution in [0, 0.1) is 0 Å². The fourth-order valence-corrected chi connectivity index (χ4v) is 2.92. The topological polar surface area (TPSA) is 17.1 Å². The third-order valence-corrected chi connectivity index (χ3v) is 3.90. The van der Waals surface area contributed by atoms with Crippen molar-refractivity contribution in [3.63, 3.8) is 0 Å². The first kappa shape index (κ1) is 9.78. The number of ketones is 1. The summed E-state index contributed by atoms with van der Waals surface area (Å²) in [5, 5.41) is 0.572. The second-order valence-electron chi connectivity index (χ2n) is 3.70. The van der Waals surface area contributed by atoms with Crippen LogP contribution in [-0.2, 0) is 10.5 Å². The SMILES string of the molecule is O=C1CCC(SCc2ccccc2)C1. The van der Waals surface area contributed by atoms with Crippen molar-refractivity contribution >= 4 is 17.5 Å². The van der Waals surface area contributed by atoms with Crippen LogP contribution in [0.25, 0.3) is 0 Å². The minimum absolute atomic E-state index is 0.440. The van der Waals surface area contributed by atoms with Crippen molar-refractivity contribution < 1.29 is 4.79 Å². The Bertz CT molecular complexity index is 307. The molecule has 1 aromatic rings. The average molecular weight is 206 g/mol. The van der Waals surface area contributed by atoms with Gasteiger partial charge in [0.25, 0.3) is 0 Å². The molecule has 1 aromatic carbocycles. The molecule has 1 fully saturated rings. The minimum atomic E-state index is 0.440. The summed E-state index contributed by atoms with van der Waals surface area (Å²) in [6.45, 7) is 0. The van der Waals surface area contributed by atoms with Crippen molar-refractivity contribution in [2.75, 3.05) is 0 Å². The van der Waals surface area contributed by atoms with Crippen LogP contribution in [-0.4, -0.2) is 11.0 Å². The van der Waals surface area contributed by atoms with Gasteiger partial charge < -0.3 is 0 Å². The summed E-state index contributed by atoms with van der Waals surface area (Å²) in [7, 11) is 0. The van der Waals surface area contributed by atoms with E-state index >= 15 is 0 Å². The van der Waals surface area contributed by atoms with E-state index in [1.165, 1.54) is 5.56 Å². The van der Waals surface area contributed by atoms with Gasteiger partial charge in [-0.1, -0.05) is 30.3 Å². The Balaban J connectivity index is 1.80.